The maximum Gasteiger partial charge on any atom is 0.254 e. The Hall–Kier alpha value is -1.93. The van der Waals surface area contributed by atoms with E-state index < -0.39 is 10.0 Å². The lowest BCUT2D eigenvalue weighted by Gasteiger charge is -2.20. The molecule has 1 aromatic carbocycles. The van der Waals surface area contributed by atoms with E-state index in [2.05, 4.69) is 10.0 Å². The average Bonchev–Trinajstić information content (AvgIpc) is 3.11. The van der Waals surface area contributed by atoms with E-state index in [9.17, 15) is 18.0 Å². The molecule has 0 aromatic heterocycles. The second-order valence-corrected chi connectivity index (χ2v) is 8.12. The van der Waals surface area contributed by atoms with Crippen LogP contribution in [-0.2, 0) is 14.8 Å². The second kappa shape index (κ2) is 9.14. The Kier molecular flexibility index (Phi) is 7.16. The molecule has 0 saturated heterocycles. The third-order valence-corrected chi connectivity index (χ3v) is 5.96. The molecule has 0 bridgehead atoms. The van der Waals surface area contributed by atoms with Gasteiger partial charge in [-0.3, -0.25) is 9.59 Å². The summed E-state index contributed by atoms with van der Waals surface area (Å²) in [5.74, 6) is -0.606. The Morgan fingerprint density at radius 3 is 2.50 bits per heavy atom. The zero-order chi connectivity index (χ0) is 19.2. The van der Waals surface area contributed by atoms with Crippen molar-refractivity contribution in [2.24, 2.45) is 0 Å². The molecule has 1 saturated carbocycles. The molecule has 1 aliphatic carbocycles. The van der Waals surface area contributed by atoms with Crippen LogP contribution in [0.25, 0.3) is 0 Å². The lowest BCUT2D eigenvalue weighted by Crippen LogP contribution is -2.40. The fraction of sp³-hybridized carbons (Fsp3) is 0.556. The molecule has 0 atom stereocenters. The van der Waals surface area contributed by atoms with Crippen LogP contribution in [-0.4, -0.2) is 50.8 Å². The number of nitrogens with zero attached hydrogens (tertiary/aromatic N) is 1. The van der Waals surface area contributed by atoms with Gasteiger partial charge in [0.2, 0.25) is 15.9 Å². The van der Waals surface area contributed by atoms with Crippen LogP contribution in [0.3, 0.4) is 0 Å². The van der Waals surface area contributed by atoms with Gasteiger partial charge >= 0.3 is 0 Å². The van der Waals surface area contributed by atoms with Gasteiger partial charge in [-0.25, -0.2) is 13.1 Å². The van der Waals surface area contributed by atoms with Gasteiger partial charge in [0.15, 0.2) is 0 Å². The Morgan fingerprint density at radius 2 is 1.88 bits per heavy atom. The van der Waals surface area contributed by atoms with Gasteiger partial charge in [0.05, 0.1) is 11.4 Å². The molecule has 144 valence electrons. The first-order chi connectivity index (χ1) is 12.4. The summed E-state index contributed by atoms with van der Waals surface area (Å²) < 4.78 is 27.8. The SMILES string of the molecule is CCNC(=O)CN(CC)C(=O)c1cccc(S(=O)(=O)NC2CCCC2)c1. The number of carbonyl (C=O) groups is 2. The molecule has 0 unspecified atom stereocenters. The molecule has 26 heavy (non-hydrogen) atoms. The minimum Gasteiger partial charge on any atom is -0.355 e. The Bertz CT molecular complexity index is 743. The number of carbonyl (C=O) groups excluding carboxylic acids is 2. The molecule has 1 aliphatic rings. The highest BCUT2D eigenvalue weighted by atomic mass is 32.2. The van der Waals surface area contributed by atoms with Crippen LogP contribution in [0.15, 0.2) is 29.2 Å². The first-order valence-corrected chi connectivity index (χ1v) is 10.5. The van der Waals surface area contributed by atoms with Gasteiger partial charge in [-0.15, -0.1) is 0 Å². The maximum absolute atomic E-state index is 12.7. The molecule has 7 nitrogen and oxygen atoms in total. The predicted molar refractivity (Wildman–Crippen MR) is 99.3 cm³/mol. The number of hydrogen-bond donors (Lipinski definition) is 2. The van der Waals surface area contributed by atoms with Crippen molar-refractivity contribution in [3.63, 3.8) is 0 Å². The van der Waals surface area contributed by atoms with Crippen molar-refractivity contribution in [1.82, 2.24) is 14.9 Å². The quantitative estimate of drug-likeness (QED) is 0.713. The zero-order valence-electron chi connectivity index (χ0n) is 15.3. The molecule has 0 aliphatic heterocycles. The summed E-state index contributed by atoms with van der Waals surface area (Å²) in [7, 11) is -3.66. The summed E-state index contributed by atoms with van der Waals surface area (Å²) in [5.41, 5.74) is 0.255. The fourth-order valence-corrected chi connectivity index (χ4v) is 4.41. The van der Waals surface area contributed by atoms with E-state index >= 15 is 0 Å². The number of amides is 2. The number of likely N-dealkylation sites (N-methyl/N-ethyl adjacent to an activating group) is 2. The number of benzene rings is 1. The molecule has 2 amide bonds. The van der Waals surface area contributed by atoms with E-state index in [0.717, 1.165) is 25.7 Å². The topological polar surface area (TPSA) is 95.6 Å². The third kappa shape index (κ3) is 5.28. The summed E-state index contributed by atoms with van der Waals surface area (Å²) in [6.07, 6.45) is 3.73. The summed E-state index contributed by atoms with van der Waals surface area (Å²) in [6.45, 7) is 4.37. The van der Waals surface area contributed by atoms with Crippen LogP contribution in [0, 0.1) is 0 Å². The molecule has 0 heterocycles. The summed E-state index contributed by atoms with van der Waals surface area (Å²) in [4.78, 5) is 25.9. The van der Waals surface area contributed by atoms with Crippen LogP contribution in [0.2, 0.25) is 0 Å². The molecular weight excluding hydrogens is 354 g/mol. The minimum absolute atomic E-state index is 0.0377. The highest BCUT2D eigenvalue weighted by Crippen LogP contribution is 2.21. The molecule has 2 rings (SSSR count). The van der Waals surface area contributed by atoms with E-state index in [4.69, 9.17) is 0 Å². The third-order valence-electron chi connectivity index (χ3n) is 4.45. The minimum atomic E-state index is -3.66. The van der Waals surface area contributed by atoms with Gasteiger partial charge < -0.3 is 10.2 Å². The number of nitrogens with one attached hydrogen (secondary N) is 2. The highest BCUT2D eigenvalue weighted by Gasteiger charge is 2.24. The number of rotatable bonds is 8. The van der Waals surface area contributed by atoms with Crippen LogP contribution < -0.4 is 10.0 Å². The van der Waals surface area contributed by atoms with Crippen molar-refractivity contribution in [2.75, 3.05) is 19.6 Å². The zero-order valence-corrected chi connectivity index (χ0v) is 16.1. The normalized spacial score (nSPS) is 15.0. The molecule has 0 radical (unpaired) electrons. The molecule has 1 fully saturated rings. The lowest BCUT2D eigenvalue weighted by molar-refractivity contribution is -0.121. The summed E-state index contributed by atoms with van der Waals surface area (Å²) in [6, 6.07) is 5.94. The second-order valence-electron chi connectivity index (χ2n) is 6.40. The fourth-order valence-electron chi connectivity index (χ4n) is 3.06. The van der Waals surface area contributed by atoms with Gasteiger partial charge in [0.25, 0.3) is 5.91 Å². The standard InChI is InChI=1S/C18H27N3O4S/c1-3-19-17(22)13-21(4-2)18(23)14-8-7-11-16(12-14)26(24,25)20-15-9-5-6-10-15/h7-8,11-12,15,20H,3-6,9-10,13H2,1-2H3,(H,19,22). The first-order valence-electron chi connectivity index (χ1n) is 9.05. The van der Waals surface area contributed by atoms with E-state index in [1.54, 1.807) is 19.1 Å². The van der Waals surface area contributed by atoms with Crippen LogP contribution in [0.1, 0.15) is 49.9 Å². The van der Waals surface area contributed by atoms with E-state index in [0.29, 0.717) is 13.1 Å². The molecule has 1 aromatic rings. The van der Waals surface area contributed by atoms with Crippen LogP contribution in [0.5, 0.6) is 0 Å². The monoisotopic (exact) mass is 381 g/mol. The van der Waals surface area contributed by atoms with E-state index in [1.165, 1.54) is 17.0 Å². The van der Waals surface area contributed by atoms with Crippen LogP contribution in [0.4, 0.5) is 0 Å². The van der Waals surface area contributed by atoms with Gasteiger partial charge in [0.1, 0.15) is 0 Å². The average molecular weight is 381 g/mol. The van der Waals surface area contributed by atoms with Crippen LogP contribution >= 0.6 is 0 Å². The van der Waals surface area contributed by atoms with Crippen molar-refractivity contribution < 1.29 is 18.0 Å². The van der Waals surface area contributed by atoms with Gasteiger partial charge in [-0.2, -0.15) is 0 Å². The summed E-state index contributed by atoms with van der Waals surface area (Å²) >= 11 is 0. The lowest BCUT2D eigenvalue weighted by atomic mass is 10.2. The van der Waals surface area contributed by atoms with Crippen molar-refractivity contribution in [3.8, 4) is 0 Å². The molecular formula is C18H27N3O4S. The molecule has 2 N–H and O–H groups in total. The van der Waals surface area contributed by atoms with E-state index in [-0.39, 0.29) is 34.9 Å². The molecule has 0 spiro atoms. The maximum atomic E-state index is 12.7. The number of hydrogen-bond acceptors (Lipinski definition) is 4. The smallest absolute Gasteiger partial charge is 0.254 e. The largest absolute Gasteiger partial charge is 0.355 e. The Balaban J connectivity index is 2.16. The summed E-state index contributed by atoms with van der Waals surface area (Å²) in [5, 5.41) is 2.65. The Morgan fingerprint density at radius 1 is 1.19 bits per heavy atom. The van der Waals surface area contributed by atoms with Gasteiger partial charge in [-0.05, 0) is 44.9 Å². The van der Waals surface area contributed by atoms with Crippen molar-refractivity contribution >= 4 is 21.8 Å². The van der Waals surface area contributed by atoms with Gasteiger partial charge in [0, 0.05) is 24.7 Å². The Labute approximate surface area is 155 Å². The van der Waals surface area contributed by atoms with Crippen molar-refractivity contribution in [1.29, 1.82) is 0 Å². The number of sulfonamides is 1. The van der Waals surface area contributed by atoms with E-state index in [1.807, 2.05) is 6.92 Å². The highest BCUT2D eigenvalue weighted by molar-refractivity contribution is 7.89. The first kappa shape index (κ1) is 20.4. The molecule has 8 heteroatoms. The van der Waals surface area contributed by atoms with Crippen molar-refractivity contribution in [3.05, 3.63) is 29.8 Å². The van der Waals surface area contributed by atoms with Crippen molar-refractivity contribution in [2.45, 2.75) is 50.5 Å². The predicted octanol–water partition coefficient (Wildman–Crippen LogP) is 1.51. The van der Waals surface area contributed by atoms with Gasteiger partial charge in [-0.1, -0.05) is 18.9 Å².